The molecule has 3 fully saturated rings. The lowest BCUT2D eigenvalue weighted by atomic mass is 9.64. The molecule has 0 aromatic carbocycles. The van der Waals surface area contributed by atoms with Crippen LogP contribution in [0.25, 0.3) is 0 Å². The number of hydrogen-bond donors (Lipinski definition) is 0. The van der Waals surface area contributed by atoms with Crippen LogP contribution in [0, 0.1) is 35.5 Å². The highest BCUT2D eigenvalue weighted by atomic mass is 19.2. The Morgan fingerprint density at radius 2 is 1.29 bits per heavy atom. The van der Waals surface area contributed by atoms with Gasteiger partial charge in [-0.05, 0) is 106 Å². The van der Waals surface area contributed by atoms with Gasteiger partial charge in [0.2, 0.25) is 0 Å². The third-order valence-electron chi connectivity index (χ3n) is 7.69. The standard InChI is InChI=1S/C22H36F2/c1-3-4-16-6-8-17(9-7-16)18-10-12-19(13-11-18)20-14-5-15(2)21(23)22(20)24/h3,15-22H,1,4-14H2,2H3. The highest BCUT2D eigenvalue weighted by Crippen LogP contribution is 2.47. The van der Waals surface area contributed by atoms with Crippen molar-refractivity contribution in [2.45, 2.75) is 89.9 Å². The largest absolute Gasteiger partial charge is 0.244 e. The third kappa shape index (κ3) is 4.05. The summed E-state index contributed by atoms with van der Waals surface area (Å²) in [7, 11) is 0. The summed E-state index contributed by atoms with van der Waals surface area (Å²) in [5.41, 5.74) is 0. The molecule has 0 amide bonds. The molecular formula is C22H36F2. The van der Waals surface area contributed by atoms with Gasteiger partial charge in [-0.1, -0.05) is 13.0 Å². The van der Waals surface area contributed by atoms with Crippen LogP contribution in [0.5, 0.6) is 0 Å². The molecule has 0 radical (unpaired) electrons. The molecule has 3 rings (SSSR count). The quantitative estimate of drug-likeness (QED) is 0.489. The zero-order valence-electron chi connectivity index (χ0n) is 15.4. The molecule has 0 aromatic rings. The van der Waals surface area contributed by atoms with Gasteiger partial charge in [0.05, 0.1) is 0 Å². The maximum atomic E-state index is 14.5. The Balaban J connectivity index is 1.45. The van der Waals surface area contributed by atoms with Gasteiger partial charge in [0.15, 0.2) is 0 Å². The molecule has 0 bridgehead atoms. The summed E-state index contributed by atoms with van der Waals surface area (Å²) < 4.78 is 28.5. The van der Waals surface area contributed by atoms with Crippen molar-refractivity contribution in [3.05, 3.63) is 12.7 Å². The van der Waals surface area contributed by atoms with Crippen LogP contribution < -0.4 is 0 Å². The highest BCUT2D eigenvalue weighted by molar-refractivity contribution is 4.92. The predicted octanol–water partition coefficient (Wildman–Crippen LogP) is 6.90. The van der Waals surface area contributed by atoms with E-state index in [1.165, 1.54) is 44.9 Å². The maximum absolute atomic E-state index is 14.5. The molecule has 3 aliphatic rings. The van der Waals surface area contributed by atoms with Crippen molar-refractivity contribution >= 4 is 0 Å². The van der Waals surface area contributed by atoms with E-state index < -0.39 is 12.3 Å². The average Bonchev–Trinajstić information content (AvgIpc) is 2.61. The Kier molecular flexibility index (Phi) is 6.38. The van der Waals surface area contributed by atoms with Crippen molar-refractivity contribution in [2.75, 3.05) is 0 Å². The van der Waals surface area contributed by atoms with Gasteiger partial charge in [-0.25, -0.2) is 8.78 Å². The second kappa shape index (κ2) is 8.32. The molecule has 0 spiro atoms. The van der Waals surface area contributed by atoms with Crippen LogP contribution in [0.15, 0.2) is 12.7 Å². The van der Waals surface area contributed by atoms with Crippen LogP contribution in [0.4, 0.5) is 8.78 Å². The van der Waals surface area contributed by atoms with Crippen molar-refractivity contribution in [1.82, 2.24) is 0 Å². The van der Waals surface area contributed by atoms with E-state index in [0.717, 1.165) is 43.4 Å². The molecule has 4 atom stereocenters. The molecule has 3 aliphatic carbocycles. The maximum Gasteiger partial charge on any atom is 0.134 e. The van der Waals surface area contributed by atoms with Crippen molar-refractivity contribution in [3.8, 4) is 0 Å². The number of hydrogen-bond acceptors (Lipinski definition) is 0. The fourth-order valence-corrected chi connectivity index (χ4v) is 6.00. The lowest BCUT2D eigenvalue weighted by Crippen LogP contribution is -2.41. The minimum Gasteiger partial charge on any atom is -0.244 e. The number of alkyl halides is 2. The van der Waals surface area contributed by atoms with Crippen LogP contribution >= 0.6 is 0 Å². The average molecular weight is 339 g/mol. The minimum atomic E-state index is -1.22. The minimum absolute atomic E-state index is 0.000442. The van der Waals surface area contributed by atoms with E-state index in [2.05, 4.69) is 12.7 Å². The molecule has 4 unspecified atom stereocenters. The van der Waals surface area contributed by atoms with E-state index >= 15 is 0 Å². The van der Waals surface area contributed by atoms with Gasteiger partial charge in [0.25, 0.3) is 0 Å². The first-order valence-electron chi connectivity index (χ1n) is 10.5. The summed E-state index contributed by atoms with van der Waals surface area (Å²) in [6.07, 6.45) is 12.9. The van der Waals surface area contributed by atoms with Gasteiger partial charge in [-0.2, -0.15) is 0 Å². The van der Waals surface area contributed by atoms with Crippen LogP contribution in [-0.4, -0.2) is 12.3 Å². The summed E-state index contributed by atoms with van der Waals surface area (Å²) in [5, 5.41) is 0. The summed E-state index contributed by atoms with van der Waals surface area (Å²) in [6, 6.07) is 0. The summed E-state index contributed by atoms with van der Waals surface area (Å²) in [5.74, 6) is 2.98. The fraction of sp³-hybridized carbons (Fsp3) is 0.909. The normalized spacial score (nSPS) is 47.3. The molecule has 0 nitrogen and oxygen atoms in total. The van der Waals surface area contributed by atoms with Crippen LogP contribution in [-0.2, 0) is 0 Å². The van der Waals surface area contributed by atoms with Gasteiger partial charge in [-0.3, -0.25) is 0 Å². The van der Waals surface area contributed by atoms with E-state index in [1.54, 1.807) is 0 Å². The molecular weight excluding hydrogens is 302 g/mol. The molecule has 2 heteroatoms. The van der Waals surface area contributed by atoms with Gasteiger partial charge in [0.1, 0.15) is 12.3 Å². The van der Waals surface area contributed by atoms with Gasteiger partial charge >= 0.3 is 0 Å². The van der Waals surface area contributed by atoms with E-state index in [-0.39, 0.29) is 11.8 Å². The first kappa shape index (κ1) is 18.4. The van der Waals surface area contributed by atoms with Crippen LogP contribution in [0.2, 0.25) is 0 Å². The molecule has 0 aliphatic heterocycles. The van der Waals surface area contributed by atoms with E-state index in [0.29, 0.717) is 5.92 Å². The van der Waals surface area contributed by atoms with E-state index in [9.17, 15) is 8.78 Å². The van der Waals surface area contributed by atoms with Crippen molar-refractivity contribution in [1.29, 1.82) is 0 Å². The zero-order valence-corrected chi connectivity index (χ0v) is 15.4. The van der Waals surface area contributed by atoms with Gasteiger partial charge < -0.3 is 0 Å². The monoisotopic (exact) mass is 338 g/mol. The molecule has 138 valence electrons. The molecule has 24 heavy (non-hydrogen) atoms. The van der Waals surface area contributed by atoms with Crippen molar-refractivity contribution in [2.24, 2.45) is 35.5 Å². The Hall–Kier alpha value is -0.400. The van der Waals surface area contributed by atoms with Crippen LogP contribution in [0.3, 0.4) is 0 Å². The van der Waals surface area contributed by atoms with Crippen molar-refractivity contribution < 1.29 is 8.78 Å². The Morgan fingerprint density at radius 1 is 0.750 bits per heavy atom. The Labute approximate surface area is 147 Å². The molecule has 3 saturated carbocycles. The van der Waals surface area contributed by atoms with Crippen LogP contribution in [0.1, 0.15) is 77.6 Å². The van der Waals surface area contributed by atoms with E-state index in [1.807, 2.05) is 6.92 Å². The lowest BCUT2D eigenvalue weighted by Gasteiger charge is -2.43. The third-order valence-corrected chi connectivity index (χ3v) is 7.69. The fourth-order valence-electron chi connectivity index (χ4n) is 6.00. The number of rotatable bonds is 4. The lowest BCUT2D eigenvalue weighted by molar-refractivity contribution is -0.0100. The predicted molar refractivity (Wildman–Crippen MR) is 97.4 cm³/mol. The first-order valence-corrected chi connectivity index (χ1v) is 10.5. The summed E-state index contributed by atoms with van der Waals surface area (Å²) >= 11 is 0. The highest BCUT2D eigenvalue weighted by Gasteiger charge is 2.43. The van der Waals surface area contributed by atoms with Gasteiger partial charge in [-0.15, -0.1) is 6.58 Å². The smallest absolute Gasteiger partial charge is 0.134 e. The molecule has 0 aromatic heterocycles. The van der Waals surface area contributed by atoms with Crippen molar-refractivity contribution in [3.63, 3.8) is 0 Å². The molecule has 0 heterocycles. The van der Waals surface area contributed by atoms with E-state index in [4.69, 9.17) is 0 Å². The summed E-state index contributed by atoms with van der Waals surface area (Å²) in [6.45, 7) is 5.74. The molecule has 0 saturated heterocycles. The SMILES string of the molecule is C=CCC1CCC(C2CCC(C3CCC(C)C(F)C3F)CC2)CC1. The number of halogens is 2. The Bertz CT molecular complexity index is 391. The topological polar surface area (TPSA) is 0 Å². The molecule has 0 N–H and O–H groups in total. The Morgan fingerprint density at radius 3 is 1.88 bits per heavy atom. The summed E-state index contributed by atoms with van der Waals surface area (Å²) in [4.78, 5) is 0. The number of allylic oxidation sites excluding steroid dienone is 1. The van der Waals surface area contributed by atoms with Gasteiger partial charge in [0, 0.05) is 0 Å². The first-order chi connectivity index (χ1) is 11.6. The zero-order chi connectivity index (χ0) is 17.1. The second-order valence-electron chi connectivity index (χ2n) is 9.09. The second-order valence-corrected chi connectivity index (χ2v) is 9.09.